The Hall–Kier alpha value is -2.21. The first kappa shape index (κ1) is 22.1. The molecular formula is C21H24Cl2N4O. The van der Waals surface area contributed by atoms with Crippen molar-refractivity contribution >= 4 is 41.6 Å². The minimum Gasteiger partial charge on any atom is -0.349 e. The van der Waals surface area contributed by atoms with Crippen LogP contribution in [0, 0.1) is 0 Å². The largest absolute Gasteiger partial charge is 0.349 e. The number of para-hydroxylation sites is 1. The summed E-state index contributed by atoms with van der Waals surface area (Å²) < 4.78 is 0. The zero-order valence-electron chi connectivity index (χ0n) is 15.4. The van der Waals surface area contributed by atoms with Crippen LogP contribution in [0.25, 0.3) is 22.2 Å². The Morgan fingerprint density at radius 1 is 1.04 bits per heavy atom. The maximum atomic E-state index is 13.0. The highest BCUT2D eigenvalue weighted by atomic mass is 35.5. The summed E-state index contributed by atoms with van der Waals surface area (Å²) >= 11 is 0. The molecule has 1 aliphatic rings. The molecule has 1 fully saturated rings. The van der Waals surface area contributed by atoms with E-state index in [9.17, 15) is 4.79 Å². The van der Waals surface area contributed by atoms with Crippen molar-refractivity contribution in [1.29, 1.82) is 0 Å². The molecule has 1 saturated carbocycles. The molecule has 0 unspecified atom stereocenters. The number of hydrogen-bond acceptors (Lipinski definition) is 4. The highest BCUT2D eigenvalue weighted by Gasteiger charge is 2.22. The van der Waals surface area contributed by atoms with Crippen LogP contribution in [0.2, 0.25) is 0 Å². The molecule has 3 aromatic rings. The van der Waals surface area contributed by atoms with Crippen LogP contribution < -0.4 is 11.1 Å². The van der Waals surface area contributed by atoms with E-state index in [1.807, 2.05) is 42.5 Å². The maximum absolute atomic E-state index is 13.0. The third-order valence-corrected chi connectivity index (χ3v) is 5.03. The molecule has 2 heterocycles. The number of carbonyl (C=O) groups is 1. The number of hydrogen-bond donors (Lipinski definition) is 2. The quantitative estimate of drug-likeness (QED) is 0.669. The second kappa shape index (κ2) is 9.82. The van der Waals surface area contributed by atoms with Crippen LogP contribution in [0.1, 0.15) is 36.0 Å². The van der Waals surface area contributed by atoms with Crippen molar-refractivity contribution in [1.82, 2.24) is 15.3 Å². The smallest absolute Gasteiger partial charge is 0.252 e. The number of aromatic nitrogens is 2. The summed E-state index contributed by atoms with van der Waals surface area (Å²) in [5.74, 6) is -0.0470. The zero-order chi connectivity index (χ0) is 17.9. The minimum atomic E-state index is -0.0470. The summed E-state index contributed by atoms with van der Waals surface area (Å²) in [6, 6.07) is 13.9. The molecule has 4 rings (SSSR count). The predicted octanol–water partition coefficient (Wildman–Crippen LogP) is 4.14. The lowest BCUT2D eigenvalue weighted by Gasteiger charge is -2.27. The Morgan fingerprint density at radius 3 is 2.50 bits per heavy atom. The number of halogens is 2. The van der Waals surface area contributed by atoms with Crippen molar-refractivity contribution < 1.29 is 4.79 Å². The fourth-order valence-electron chi connectivity index (χ4n) is 3.55. The first-order valence-electron chi connectivity index (χ1n) is 9.07. The summed E-state index contributed by atoms with van der Waals surface area (Å²) in [5.41, 5.74) is 9.09. The van der Waals surface area contributed by atoms with Gasteiger partial charge in [0.15, 0.2) is 0 Å². The lowest BCUT2D eigenvalue weighted by atomic mass is 9.91. The van der Waals surface area contributed by atoms with E-state index >= 15 is 0 Å². The van der Waals surface area contributed by atoms with E-state index in [0.717, 1.165) is 47.8 Å². The molecule has 0 atom stereocenters. The topological polar surface area (TPSA) is 80.9 Å². The summed E-state index contributed by atoms with van der Waals surface area (Å²) in [6.07, 6.45) is 7.29. The van der Waals surface area contributed by atoms with E-state index in [4.69, 9.17) is 10.7 Å². The third-order valence-electron chi connectivity index (χ3n) is 5.03. The number of nitrogens with one attached hydrogen (secondary N) is 1. The van der Waals surface area contributed by atoms with Crippen LogP contribution in [-0.4, -0.2) is 28.0 Å². The van der Waals surface area contributed by atoms with Gasteiger partial charge in [0.25, 0.3) is 5.91 Å². The standard InChI is InChI=1S/C21H22N4O.2ClH/c22-15-7-9-16(10-8-15)24-21(26)18-12-20(14-4-3-11-23-13-14)25-19-6-2-1-5-17(18)19;;/h1-6,11-13,15-16H,7-10,22H2,(H,24,26);2*1H. The summed E-state index contributed by atoms with van der Waals surface area (Å²) in [5, 5.41) is 4.05. The van der Waals surface area contributed by atoms with Crippen molar-refractivity contribution in [3.63, 3.8) is 0 Å². The number of carbonyl (C=O) groups excluding carboxylic acids is 1. The molecule has 5 nitrogen and oxygen atoms in total. The number of nitrogens with two attached hydrogens (primary N) is 1. The molecule has 3 N–H and O–H groups in total. The first-order valence-corrected chi connectivity index (χ1v) is 9.07. The van der Waals surface area contributed by atoms with Crippen molar-refractivity contribution in [2.24, 2.45) is 5.73 Å². The normalized spacial score (nSPS) is 18.6. The van der Waals surface area contributed by atoms with Crippen LogP contribution in [0.4, 0.5) is 0 Å². The molecular weight excluding hydrogens is 395 g/mol. The minimum absolute atomic E-state index is 0. The second-order valence-corrected chi connectivity index (χ2v) is 6.90. The molecule has 1 aliphatic carbocycles. The molecule has 2 aromatic heterocycles. The monoisotopic (exact) mass is 418 g/mol. The molecule has 0 bridgehead atoms. The Balaban J connectivity index is 0.00000140. The van der Waals surface area contributed by atoms with Crippen molar-refractivity contribution in [2.75, 3.05) is 0 Å². The van der Waals surface area contributed by atoms with Gasteiger partial charge >= 0.3 is 0 Å². The Morgan fingerprint density at radius 2 is 1.79 bits per heavy atom. The van der Waals surface area contributed by atoms with E-state index < -0.39 is 0 Å². The SMILES string of the molecule is Cl.Cl.NC1CCC(NC(=O)c2cc(-c3cccnc3)nc3ccccc23)CC1. The fourth-order valence-corrected chi connectivity index (χ4v) is 3.55. The Bertz CT molecular complexity index is 928. The van der Waals surface area contributed by atoms with E-state index in [1.165, 1.54) is 0 Å². The van der Waals surface area contributed by atoms with Crippen LogP contribution in [-0.2, 0) is 0 Å². The Labute approximate surface area is 177 Å². The van der Waals surface area contributed by atoms with Gasteiger partial charge in [0.1, 0.15) is 0 Å². The lowest BCUT2D eigenvalue weighted by molar-refractivity contribution is 0.0927. The highest BCUT2D eigenvalue weighted by Crippen LogP contribution is 2.25. The molecule has 0 aliphatic heterocycles. The van der Waals surface area contributed by atoms with Gasteiger partial charge in [0.05, 0.1) is 16.8 Å². The number of benzene rings is 1. The lowest BCUT2D eigenvalue weighted by Crippen LogP contribution is -2.40. The molecule has 7 heteroatoms. The van der Waals surface area contributed by atoms with Crippen LogP contribution >= 0.6 is 24.8 Å². The van der Waals surface area contributed by atoms with Gasteiger partial charge in [-0.3, -0.25) is 9.78 Å². The summed E-state index contributed by atoms with van der Waals surface area (Å²) in [7, 11) is 0. The number of nitrogens with zero attached hydrogens (tertiary/aromatic N) is 2. The molecule has 148 valence electrons. The Kier molecular flexibility index (Phi) is 7.75. The number of amides is 1. The van der Waals surface area contributed by atoms with Gasteiger partial charge in [0, 0.05) is 35.4 Å². The van der Waals surface area contributed by atoms with Gasteiger partial charge in [0.2, 0.25) is 0 Å². The molecule has 28 heavy (non-hydrogen) atoms. The maximum Gasteiger partial charge on any atom is 0.252 e. The van der Waals surface area contributed by atoms with Crippen molar-refractivity contribution in [2.45, 2.75) is 37.8 Å². The predicted molar refractivity (Wildman–Crippen MR) is 117 cm³/mol. The van der Waals surface area contributed by atoms with Crippen molar-refractivity contribution in [3.05, 3.63) is 60.4 Å². The second-order valence-electron chi connectivity index (χ2n) is 6.90. The molecule has 1 amide bonds. The first-order chi connectivity index (χ1) is 12.7. The summed E-state index contributed by atoms with van der Waals surface area (Å²) in [6.45, 7) is 0. The molecule has 0 spiro atoms. The van der Waals surface area contributed by atoms with Crippen LogP contribution in [0.5, 0.6) is 0 Å². The molecule has 1 aromatic carbocycles. The van der Waals surface area contributed by atoms with Gasteiger partial charge < -0.3 is 11.1 Å². The molecule has 0 radical (unpaired) electrons. The van der Waals surface area contributed by atoms with E-state index in [1.54, 1.807) is 12.4 Å². The van der Waals surface area contributed by atoms with Gasteiger partial charge in [-0.15, -0.1) is 24.8 Å². The average molecular weight is 419 g/mol. The highest BCUT2D eigenvalue weighted by molar-refractivity contribution is 6.07. The summed E-state index contributed by atoms with van der Waals surface area (Å²) in [4.78, 5) is 21.9. The van der Waals surface area contributed by atoms with E-state index in [-0.39, 0.29) is 42.8 Å². The van der Waals surface area contributed by atoms with Gasteiger partial charge in [-0.1, -0.05) is 18.2 Å². The average Bonchev–Trinajstić information content (AvgIpc) is 2.69. The van der Waals surface area contributed by atoms with Crippen LogP contribution in [0.3, 0.4) is 0 Å². The zero-order valence-corrected chi connectivity index (χ0v) is 17.0. The molecule has 0 saturated heterocycles. The van der Waals surface area contributed by atoms with Gasteiger partial charge in [-0.05, 0) is 49.9 Å². The number of rotatable bonds is 3. The van der Waals surface area contributed by atoms with E-state index in [2.05, 4.69) is 10.3 Å². The number of pyridine rings is 2. The van der Waals surface area contributed by atoms with Crippen molar-refractivity contribution in [3.8, 4) is 11.3 Å². The number of fused-ring (bicyclic) bond motifs is 1. The third kappa shape index (κ3) is 4.79. The van der Waals surface area contributed by atoms with E-state index in [0.29, 0.717) is 5.56 Å². The van der Waals surface area contributed by atoms with Crippen LogP contribution in [0.15, 0.2) is 54.9 Å². The fraction of sp³-hybridized carbons (Fsp3) is 0.286. The van der Waals surface area contributed by atoms with Gasteiger partial charge in [-0.2, -0.15) is 0 Å². The van der Waals surface area contributed by atoms with Gasteiger partial charge in [-0.25, -0.2) is 4.98 Å².